The van der Waals surface area contributed by atoms with Crippen molar-refractivity contribution in [3.63, 3.8) is 0 Å². The third kappa shape index (κ3) is 5.63. The number of ether oxygens (including phenoxy) is 1. The second kappa shape index (κ2) is 8.28. The smallest absolute Gasteiger partial charge is 0.319 e. The van der Waals surface area contributed by atoms with Gasteiger partial charge in [-0.15, -0.1) is 0 Å². The molecule has 1 atom stereocenters. The first-order valence-electron chi connectivity index (χ1n) is 7.87. The molecule has 6 heteroatoms. The molecule has 2 aromatic rings. The molecule has 1 aromatic heterocycles. The van der Waals surface area contributed by atoms with Gasteiger partial charge in [0.2, 0.25) is 0 Å². The third-order valence-electron chi connectivity index (χ3n) is 3.50. The summed E-state index contributed by atoms with van der Waals surface area (Å²) < 4.78 is 5.56. The molecule has 1 heterocycles. The lowest BCUT2D eigenvalue weighted by molar-refractivity contribution is 0.0604. The van der Waals surface area contributed by atoms with E-state index >= 15 is 0 Å². The molecule has 2 rings (SSSR count). The van der Waals surface area contributed by atoms with Crippen molar-refractivity contribution in [2.24, 2.45) is 0 Å². The average molecular weight is 348 g/mol. The fraction of sp³-hybridized carbons (Fsp3) is 0.389. The Morgan fingerprint density at radius 2 is 2.17 bits per heavy atom. The monoisotopic (exact) mass is 348 g/mol. The highest BCUT2D eigenvalue weighted by atomic mass is 32.1. The topological polar surface area (TPSA) is 70.6 Å². The molecule has 0 bridgehead atoms. The van der Waals surface area contributed by atoms with Gasteiger partial charge in [-0.05, 0) is 60.9 Å². The maximum Gasteiger partial charge on any atom is 0.319 e. The van der Waals surface area contributed by atoms with E-state index in [0.717, 1.165) is 11.1 Å². The Balaban J connectivity index is 1.87. The van der Waals surface area contributed by atoms with Crippen molar-refractivity contribution in [1.82, 2.24) is 5.32 Å². The Labute approximate surface area is 146 Å². The first kappa shape index (κ1) is 18.4. The third-order valence-corrected chi connectivity index (χ3v) is 4.19. The van der Waals surface area contributed by atoms with Crippen LogP contribution in [-0.2, 0) is 16.9 Å². The van der Waals surface area contributed by atoms with E-state index in [2.05, 4.69) is 10.6 Å². The van der Waals surface area contributed by atoms with E-state index in [1.807, 2.05) is 54.9 Å². The first-order valence-corrected chi connectivity index (χ1v) is 8.81. The number of aliphatic hydroxyl groups is 1. The highest BCUT2D eigenvalue weighted by Gasteiger charge is 2.24. The molecule has 1 aromatic carbocycles. The summed E-state index contributed by atoms with van der Waals surface area (Å²) >= 11 is 1.51. The van der Waals surface area contributed by atoms with Crippen molar-refractivity contribution in [3.05, 3.63) is 52.2 Å². The number of anilines is 1. The molecule has 3 N–H and O–H groups in total. The van der Waals surface area contributed by atoms with Gasteiger partial charge in [-0.2, -0.15) is 11.3 Å². The quantitative estimate of drug-likeness (QED) is 0.714. The van der Waals surface area contributed by atoms with Gasteiger partial charge in [0.15, 0.2) is 0 Å². The summed E-state index contributed by atoms with van der Waals surface area (Å²) in [5, 5.41) is 19.7. The van der Waals surface area contributed by atoms with Gasteiger partial charge in [-0.3, -0.25) is 0 Å². The molecule has 0 saturated carbocycles. The summed E-state index contributed by atoms with van der Waals surface area (Å²) in [7, 11) is 0. The number of urea groups is 1. The number of carbonyl (C=O) groups excluding carboxylic acids is 1. The van der Waals surface area contributed by atoms with Crippen LogP contribution in [0.15, 0.2) is 41.1 Å². The Bertz CT molecular complexity index is 654. The molecule has 0 aliphatic heterocycles. The number of carbonyl (C=O) groups is 1. The minimum Gasteiger partial charge on any atom is -0.384 e. The Hall–Kier alpha value is -1.89. The van der Waals surface area contributed by atoms with Crippen LogP contribution in [0.3, 0.4) is 0 Å². The predicted molar refractivity (Wildman–Crippen MR) is 97.3 cm³/mol. The molecule has 5 nitrogen and oxygen atoms in total. The van der Waals surface area contributed by atoms with Gasteiger partial charge in [-0.1, -0.05) is 12.1 Å². The van der Waals surface area contributed by atoms with Gasteiger partial charge in [0.1, 0.15) is 5.60 Å². The number of nitrogens with one attached hydrogen (secondary N) is 2. The zero-order valence-corrected chi connectivity index (χ0v) is 15.0. The van der Waals surface area contributed by atoms with Crippen LogP contribution in [0.4, 0.5) is 10.5 Å². The molecule has 0 aliphatic carbocycles. The molecule has 130 valence electrons. The summed E-state index contributed by atoms with van der Waals surface area (Å²) in [6.07, 6.45) is 0.157. The first-order chi connectivity index (χ1) is 11.4. The van der Waals surface area contributed by atoms with Crippen LogP contribution >= 0.6 is 11.3 Å². The van der Waals surface area contributed by atoms with E-state index in [0.29, 0.717) is 12.3 Å². The summed E-state index contributed by atoms with van der Waals surface area (Å²) in [5.74, 6) is 0. The molecule has 0 spiro atoms. The lowest BCUT2D eigenvalue weighted by Gasteiger charge is -2.23. The van der Waals surface area contributed by atoms with Gasteiger partial charge >= 0.3 is 6.03 Å². The van der Waals surface area contributed by atoms with E-state index in [4.69, 9.17) is 4.74 Å². The standard InChI is InChI=1S/C18H24N2O3S/c1-13(2)23-10-14-5-4-6-16(9-14)20-17(21)19-12-18(3,22)15-7-8-24-11-15/h4-9,11,13,22H,10,12H2,1-3H3,(H2,19,20,21)/t18-/m0/s1. The highest BCUT2D eigenvalue weighted by molar-refractivity contribution is 7.08. The van der Waals surface area contributed by atoms with E-state index in [9.17, 15) is 9.90 Å². The number of thiophene rings is 1. The maximum absolute atomic E-state index is 12.0. The van der Waals surface area contributed by atoms with Gasteiger partial charge in [-0.25, -0.2) is 4.79 Å². The van der Waals surface area contributed by atoms with Crippen LogP contribution < -0.4 is 10.6 Å². The molecule has 0 radical (unpaired) electrons. The van der Waals surface area contributed by atoms with Crippen LogP contribution in [0.1, 0.15) is 31.9 Å². The summed E-state index contributed by atoms with van der Waals surface area (Å²) in [6.45, 7) is 6.27. The predicted octanol–water partition coefficient (Wildman–Crippen LogP) is 3.70. The highest BCUT2D eigenvalue weighted by Crippen LogP contribution is 2.22. The van der Waals surface area contributed by atoms with Crippen molar-refractivity contribution < 1.29 is 14.6 Å². The van der Waals surface area contributed by atoms with E-state index < -0.39 is 5.60 Å². The SMILES string of the molecule is CC(C)OCc1cccc(NC(=O)NC[C@](C)(O)c2ccsc2)c1. The second-order valence-electron chi connectivity index (χ2n) is 6.15. The maximum atomic E-state index is 12.0. The number of rotatable bonds is 7. The van der Waals surface area contributed by atoms with Gasteiger partial charge in [0.25, 0.3) is 0 Å². The molecule has 0 saturated heterocycles. The van der Waals surface area contributed by atoms with E-state index in [1.54, 1.807) is 6.92 Å². The van der Waals surface area contributed by atoms with Crippen molar-refractivity contribution >= 4 is 23.1 Å². The average Bonchev–Trinajstić information content (AvgIpc) is 3.07. The second-order valence-corrected chi connectivity index (χ2v) is 6.93. The lowest BCUT2D eigenvalue weighted by atomic mass is 9.99. The Morgan fingerprint density at radius 3 is 2.83 bits per heavy atom. The van der Waals surface area contributed by atoms with Gasteiger partial charge in [0, 0.05) is 5.69 Å². The molecule has 0 unspecified atom stereocenters. The van der Waals surface area contributed by atoms with Crippen molar-refractivity contribution in [3.8, 4) is 0 Å². The minimum atomic E-state index is -1.09. The normalized spacial score (nSPS) is 13.5. The lowest BCUT2D eigenvalue weighted by Crippen LogP contribution is -2.40. The van der Waals surface area contributed by atoms with Crippen LogP contribution in [0.25, 0.3) is 0 Å². The Morgan fingerprint density at radius 1 is 1.38 bits per heavy atom. The van der Waals surface area contributed by atoms with Gasteiger partial charge in [0.05, 0.1) is 19.3 Å². The number of benzene rings is 1. The van der Waals surface area contributed by atoms with Crippen molar-refractivity contribution in [1.29, 1.82) is 0 Å². The van der Waals surface area contributed by atoms with E-state index in [-0.39, 0.29) is 18.7 Å². The van der Waals surface area contributed by atoms with E-state index in [1.165, 1.54) is 11.3 Å². The minimum absolute atomic E-state index is 0.131. The van der Waals surface area contributed by atoms with Crippen LogP contribution in [0, 0.1) is 0 Å². The summed E-state index contributed by atoms with van der Waals surface area (Å²) in [6, 6.07) is 9.01. The number of hydrogen-bond donors (Lipinski definition) is 3. The Kier molecular flexibility index (Phi) is 6.36. The summed E-state index contributed by atoms with van der Waals surface area (Å²) in [4.78, 5) is 12.0. The van der Waals surface area contributed by atoms with Crippen LogP contribution in [-0.4, -0.2) is 23.8 Å². The fourth-order valence-corrected chi connectivity index (χ4v) is 2.89. The van der Waals surface area contributed by atoms with Crippen LogP contribution in [0.2, 0.25) is 0 Å². The molecule has 0 fully saturated rings. The van der Waals surface area contributed by atoms with Gasteiger partial charge < -0.3 is 20.5 Å². The van der Waals surface area contributed by atoms with Crippen molar-refractivity contribution in [2.45, 2.75) is 39.1 Å². The summed E-state index contributed by atoms with van der Waals surface area (Å²) in [5.41, 5.74) is 1.38. The van der Waals surface area contributed by atoms with Crippen molar-refractivity contribution in [2.75, 3.05) is 11.9 Å². The molecular weight excluding hydrogens is 324 g/mol. The zero-order chi connectivity index (χ0) is 17.6. The van der Waals surface area contributed by atoms with Crippen LogP contribution in [0.5, 0.6) is 0 Å². The number of amides is 2. The molecule has 24 heavy (non-hydrogen) atoms. The zero-order valence-electron chi connectivity index (χ0n) is 14.2. The fourth-order valence-electron chi connectivity index (χ4n) is 2.10. The molecular formula is C18H24N2O3S. The molecule has 0 aliphatic rings. The molecule has 2 amide bonds. The number of hydrogen-bond acceptors (Lipinski definition) is 4. The largest absolute Gasteiger partial charge is 0.384 e.